The lowest BCUT2D eigenvalue weighted by molar-refractivity contribution is 0.152. The van der Waals surface area contributed by atoms with Gasteiger partial charge in [0.2, 0.25) is 0 Å². The second kappa shape index (κ2) is 7.46. The molecule has 1 unspecified atom stereocenters. The van der Waals surface area contributed by atoms with E-state index in [4.69, 9.17) is 0 Å². The third kappa shape index (κ3) is 4.46. The molecule has 1 N–H and O–H groups in total. The molecule has 1 atom stereocenters. The average molecular weight is 289 g/mol. The van der Waals surface area contributed by atoms with Crippen LogP contribution in [0.2, 0.25) is 0 Å². The van der Waals surface area contributed by atoms with E-state index in [9.17, 15) is 4.79 Å². The van der Waals surface area contributed by atoms with Gasteiger partial charge in [0.1, 0.15) is 0 Å². The Balaban J connectivity index is 1.73. The monoisotopic (exact) mass is 289 g/mol. The molecule has 21 heavy (non-hydrogen) atoms. The molecule has 1 heterocycles. The second-order valence-electron chi connectivity index (χ2n) is 6.16. The Morgan fingerprint density at radius 3 is 2.48 bits per heavy atom. The fraction of sp³-hybridized carbons (Fsp3) is 0.588. The molecule has 1 aliphatic heterocycles. The maximum atomic E-state index is 11.9. The van der Waals surface area contributed by atoms with Crippen LogP contribution in [0.3, 0.4) is 0 Å². The van der Waals surface area contributed by atoms with Gasteiger partial charge in [-0.1, -0.05) is 37.3 Å². The molecule has 4 heteroatoms. The van der Waals surface area contributed by atoms with Crippen molar-refractivity contribution in [2.45, 2.75) is 31.7 Å². The van der Waals surface area contributed by atoms with Gasteiger partial charge >= 0.3 is 6.03 Å². The molecule has 0 aromatic heterocycles. The minimum Gasteiger partial charge on any atom is -0.331 e. The first-order valence-corrected chi connectivity index (χ1v) is 7.82. The van der Waals surface area contributed by atoms with Crippen molar-refractivity contribution < 1.29 is 4.79 Å². The molecule has 0 spiro atoms. The van der Waals surface area contributed by atoms with Gasteiger partial charge in [-0.2, -0.15) is 0 Å². The molecule has 2 amide bonds. The van der Waals surface area contributed by atoms with Crippen LogP contribution in [0.4, 0.5) is 4.79 Å². The second-order valence-corrected chi connectivity index (χ2v) is 6.16. The third-order valence-electron chi connectivity index (χ3n) is 4.23. The summed E-state index contributed by atoms with van der Waals surface area (Å²) in [5.41, 5.74) is 1.38. The molecule has 0 saturated carbocycles. The SMILES string of the molecule is CC(CNC1CCN(C(=O)N(C)C)CC1)c1ccccc1. The zero-order chi connectivity index (χ0) is 15.2. The van der Waals surface area contributed by atoms with Gasteiger partial charge in [0, 0.05) is 39.8 Å². The lowest BCUT2D eigenvalue weighted by atomic mass is 9.99. The molecule has 1 aliphatic rings. The lowest BCUT2D eigenvalue weighted by Gasteiger charge is -2.34. The van der Waals surface area contributed by atoms with Gasteiger partial charge in [-0.15, -0.1) is 0 Å². The highest BCUT2D eigenvalue weighted by atomic mass is 16.2. The number of hydrogen-bond acceptors (Lipinski definition) is 2. The number of nitrogens with zero attached hydrogens (tertiary/aromatic N) is 2. The highest BCUT2D eigenvalue weighted by Gasteiger charge is 2.23. The van der Waals surface area contributed by atoms with Crippen molar-refractivity contribution >= 4 is 6.03 Å². The molecule has 2 rings (SSSR count). The Kier molecular flexibility index (Phi) is 5.62. The standard InChI is InChI=1S/C17H27N3O/c1-14(15-7-5-4-6-8-15)13-18-16-9-11-20(12-10-16)17(21)19(2)3/h4-8,14,16,18H,9-13H2,1-3H3. The first-order chi connectivity index (χ1) is 10.1. The number of piperidine rings is 1. The molecule has 116 valence electrons. The van der Waals surface area contributed by atoms with Crippen molar-refractivity contribution in [3.05, 3.63) is 35.9 Å². The summed E-state index contributed by atoms with van der Waals surface area (Å²) in [6.45, 7) is 4.96. The van der Waals surface area contributed by atoms with E-state index in [1.54, 1.807) is 4.90 Å². The topological polar surface area (TPSA) is 35.6 Å². The van der Waals surface area contributed by atoms with Gasteiger partial charge in [-0.25, -0.2) is 4.79 Å². The van der Waals surface area contributed by atoms with E-state index in [1.807, 2.05) is 19.0 Å². The highest BCUT2D eigenvalue weighted by Crippen LogP contribution is 2.16. The van der Waals surface area contributed by atoms with E-state index in [1.165, 1.54) is 5.56 Å². The first kappa shape index (κ1) is 15.8. The molecule has 1 fully saturated rings. The summed E-state index contributed by atoms with van der Waals surface area (Å²) in [6.07, 6.45) is 2.09. The van der Waals surface area contributed by atoms with E-state index in [0.717, 1.165) is 32.5 Å². The summed E-state index contributed by atoms with van der Waals surface area (Å²) in [4.78, 5) is 15.5. The highest BCUT2D eigenvalue weighted by molar-refractivity contribution is 5.73. The van der Waals surface area contributed by atoms with Crippen molar-refractivity contribution in [1.29, 1.82) is 0 Å². The summed E-state index contributed by atoms with van der Waals surface area (Å²) in [7, 11) is 3.63. The molecule has 0 radical (unpaired) electrons. The smallest absolute Gasteiger partial charge is 0.319 e. The first-order valence-electron chi connectivity index (χ1n) is 7.82. The van der Waals surface area contributed by atoms with Crippen LogP contribution in [0.1, 0.15) is 31.2 Å². The van der Waals surface area contributed by atoms with Gasteiger partial charge in [-0.3, -0.25) is 0 Å². The average Bonchev–Trinajstić information content (AvgIpc) is 2.53. The number of carbonyl (C=O) groups is 1. The Labute approximate surface area is 128 Å². The fourth-order valence-corrected chi connectivity index (χ4v) is 2.80. The minimum atomic E-state index is 0.131. The van der Waals surface area contributed by atoms with E-state index >= 15 is 0 Å². The Morgan fingerprint density at radius 2 is 1.90 bits per heavy atom. The minimum absolute atomic E-state index is 0.131. The maximum Gasteiger partial charge on any atom is 0.319 e. The summed E-state index contributed by atoms with van der Waals surface area (Å²) in [5, 5.41) is 3.66. The van der Waals surface area contributed by atoms with E-state index in [0.29, 0.717) is 12.0 Å². The Morgan fingerprint density at radius 1 is 1.29 bits per heavy atom. The molecule has 4 nitrogen and oxygen atoms in total. The quantitative estimate of drug-likeness (QED) is 0.924. The van der Waals surface area contributed by atoms with Gasteiger partial charge < -0.3 is 15.1 Å². The normalized spacial score (nSPS) is 17.6. The summed E-state index contributed by atoms with van der Waals surface area (Å²) < 4.78 is 0. The lowest BCUT2D eigenvalue weighted by Crippen LogP contribution is -2.48. The predicted octanol–water partition coefficient (Wildman–Crippen LogP) is 2.53. The van der Waals surface area contributed by atoms with Crippen LogP contribution in [0, 0.1) is 0 Å². The van der Waals surface area contributed by atoms with Crippen LogP contribution in [-0.4, -0.2) is 55.6 Å². The largest absolute Gasteiger partial charge is 0.331 e. The number of urea groups is 1. The van der Waals surface area contributed by atoms with Gasteiger partial charge in [0.15, 0.2) is 0 Å². The van der Waals surface area contributed by atoms with Crippen molar-refractivity contribution in [2.24, 2.45) is 0 Å². The number of nitrogens with one attached hydrogen (secondary N) is 1. The molecular formula is C17H27N3O. The van der Waals surface area contributed by atoms with E-state index in [-0.39, 0.29) is 6.03 Å². The van der Waals surface area contributed by atoms with E-state index < -0.39 is 0 Å². The number of amides is 2. The summed E-state index contributed by atoms with van der Waals surface area (Å²) in [5.74, 6) is 0.521. The number of carbonyl (C=O) groups excluding carboxylic acids is 1. The van der Waals surface area contributed by atoms with Gasteiger partial charge in [0.25, 0.3) is 0 Å². The van der Waals surface area contributed by atoms with Crippen molar-refractivity contribution in [2.75, 3.05) is 33.7 Å². The van der Waals surface area contributed by atoms with Crippen molar-refractivity contribution in [1.82, 2.24) is 15.1 Å². The van der Waals surface area contributed by atoms with Crippen LogP contribution in [0.25, 0.3) is 0 Å². The van der Waals surface area contributed by atoms with Crippen LogP contribution >= 0.6 is 0 Å². The molecule has 1 saturated heterocycles. The van der Waals surface area contributed by atoms with Crippen LogP contribution in [-0.2, 0) is 0 Å². The summed E-state index contributed by atoms with van der Waals surface area (Å²) in [6, 6.07) is 11.3. The number of benzene rings is 1. The van der Waals surface area contributed by atoms with Crippen LogP contribution in [0.5, 0.6) is 0 Å². The van der Waals surface area contributed by atoms with Crippen molar-refractivity contribution in [3.8, 4) is 0 Å². The molecule has 0 bridgehead atoms. The molecule has 1 aromatic carbocycles. The maximum absolute atomic E-state index is 11.9. The predicted molar refractivity (Wildman–Crippen MR) is 86.5 cm³/mol. The zero-order valence-corrected chi connectivity index (χ0v) is 13.4. The Bertz CT molecular complexity index is 439. The number of rotatable bonds is 4. The molecule has 0 aliphatic carbocycles. The van der Waals surface area contributed by atoms with Gasteiger partial charge in [-0.05, 0) is 24.3 Å². The fourth-order valence-electron chi connectivity index (χ4n) is 2.80. The third-order valence-corrected chi connectivity index (χ3v) is 4.23. The Hall–Kier alpha value is -1.55. The van der Waals surface area contributed by atoms with Crippen LogP contribution < -0.4 is 5.32 Å². The number of hydrogen-bond donors (Lipinski definition) is 1. The van der Waals surface area contributed by atoms with E-state index in [2.05, 4.69) is 42.6 Å². The zero-order valence-electron chi connectivity index (χ0n) is 13.4. The molecular weight excluding hydrogens is 262 g/mol. The molecule has 1 aromatic rings. The number of likely N-dealkylation sites (tertiary alicyclic amines) is 1. The van der Waals surface area contributed by atoms with Crippen molar-refractivity contribution in [3.63, 3.8) is 0 Å². The van der Waals surface area contributed by atoms with Crippen LogP contribution in [0.15, 0.2) is 30.3 Å². The van der Waals surface area contributed by atoms with Gasteiger partial charge in [0.05, 0.1) is 0 Å². The summed E-state index contributed by atoms with van der Waals surface area (Å²) >= 11 is 0.